The van der Waals surface area contributed by atoms with E-state index in [1.165, 1.54) is 19.1 Å². The molecule has 170 valence electrons. The van der Waals surface area contributed by atoms with Gasteiger partial charge in [-0.3, -0.25) is 24.0 Å². The number of ketones is 3. The van der Waals surface area contributed by atoms with Crippen molar-refractivity contribution in [3.63, 3.8) is 0 Å². The van der Waals surface area contributed by atoms with Crippen LogP contribution in [0, 0.1) is 0 Å². The minimum Gasteiger partial charge on any atom is -0.507 e. The van der Waals surface area contributed by atoms with Crippen LogP contribution in [0.5, 0.6) is 11.5 Å². The van der Waals surface area contributed by atoms with Gasteiger partial charge < -0.3 is 19.7 Å². The maximum Gasteiger partial charge on any atom is 0.308 e. The molecule has 33 heavy (non-hydrogen) atoms. The summed E-state index contributed by atoms with van der Waals surface area (Å²) in [7, 11) is 0. The van der Waals surface area contributed by atoms with Crippen LogP contribution in [-0.4, -0.2) is 45.1 Å². The van der Waals surface area contributed by atoms with Crippen LogP contribution in [0.2, 0.25) is 0 Å². The Bertz CT molecular complexity index is 1270. The number of aromatic hydroxyl groups is 1. The first-order chi connectivity index (χ1) is 15.5. The fraction of sp³-hybridized carbons (Fsp3) is 0.292. The number of esters is 2. The molecule has 0 saturated heterocycles. The summed E-state index contributed by atoms with van der Waals surface area (Å²) < 4.78 is 10.6. The van der Waals surface area contributed by atoms with Crippen LogP contribution in [0.1, 0.15) is 76.3 Å². The minimum atomic E-state index is -1.81. The highest BCUT2D eigenvalue weighted by Gasteiger charge is 2.50. The van der Waals surface area contributed by atoms with E-state index in [1.807, 2.05) is 0 Å². The highest BCUT2D eigenvalue weighted by atomic mass is 16.6. The van der Waals surface area contributed by atoms with Gasteiger partial charge in [-0.1, -0.05) is 24.3 Å². The quantitative estimate of drug-likeness (QED) is 0.450. The Hall–Kier alpha value is -3.85. The molecule has 2 unspecified atom stereocenters. The van der Waals surface area contributed by atoms with Crippen LogP contribution in [-0.2, 0) is 25.5 Å². The maximum absolute atomic E-state index is 13.4. The summed E-state index contributed by atoms with van der Waals surface area (Å²) in [6.07, 6.45) is -2.32. The van der Waals surface area contributed by atoms with Crippen molar-refractivity contribution in [2.45, 2.75) is 45.3 Å². The van der Waals surface area contributed by atoms with Crippen molar-refractivity contribution >= 4 is 29.3 Å². The highest BCUT2D eigenvalue weighted by Crippen LogP contribution is 2.51. The van der Waals surface area contributed by atoms with Gasteiger partial charge in [-0.2, -0.15) is 0 Å². The Morgan fingerprint density at radius 3 is 2.06 bits per heavy atom. The molecule has 2 atom stereocenters. The number of aliphatic hydroxyl groups is 1. The molecule has 0 heterocycles. The summed E-state index contributed by atoms with van der Waals surface area (Å²) in [5, 5.41) is 22.0. The molecule has 0 radical (unpaired) electrons. The molecule has 0 aromatic heterocycles. The van der Waals surface area contributed by atoms with E-state index in [1.54, 1.807) is 12.1 Å². The molecule has 0 saturated carbocycles. The molecule has 2 aliphatic carbocycles. The van der Waals surface area contributed by atoms with Gasteiger partial charge in [0.25, 0.3) is 0 Å². The lowest BCUT2D eigenvalue weighted by Gasteiger charge is -2.39. The van der Waals surface area contributed by atoms with Crippen molar-refractivity contribution in [3.8, 4) is 11.5 Å². The van der Waals surface area contributed by atoms with Gasteiger partial charge in [0.05, 0.1) is 17.2 Å². The Morgan fingerprint density at radius 1 is 0.970 bits per heavy atom. The molecule has 2 N–H and O–H groups in total. The zero-order valence-corrected chi connectivity index (χ0v) is 18.1. The van der Waals surface area contributed by atoms with Crippen molar-refractivity contribution in [1.29, 1.82) is 0 Å². The molecule has 0 aliphatic heterocycles. The maximum atomic E-state index is 13.4. The molecular formula is C24H20O9. The summed E-state index contributed by atoms with van der Waals surface area (Å²) in [5.74, 6) is -4.53. The molecule has 9 nitrogen and oxygen atoms in total. The fourth-order valence-electron chi connectivity index (χ4n) is 4.62. The standard InChI is InChI=1S/C24H20O9/c1-10(25)24(33-12(3)27)8-15-17(16(28)9-24)22(31)18-19(23(15)32-11(2)26)21(30)14-7-5-4-6-13(14)20(18)29/h4-7,16,28,31H,8-9H2,1-3H3. The normalized spacial score (nSPS) is 20.9. The second kappa shape index (κ2) is 7.63. The average molecular weight is 452 g/mol. The van der Waals surface area contributed by atoms with Crippen molar-refractivity contribution in [2.75, 3.05) is 0 Å². The zero-order valence-electron chi connectivity index (χ0n) is 18.1. The van der Waals surface area contributed by atoms with Crippen LogP contribution in [0.4, 0.5) is 0 Å². The van der Waals surface area contributed by atoms with Gasteiger partial charge in [-0.15, -0.1) is 0 Å². The van der Waals surface area contributed by atoms with E-state index in [0.29, 0.717) is 0 Å². The van der Waals surface area contributed by atoms with Crippen LogP contribution in [0.25, 0.3) is 0 Å². The summed E-state index contributed by atoms with van der Waals surface area (Å²) in [4.78, 5) is 62.8. The Labute approximate surface area is 187 Å². The van der Waals surface area contributed by atoms with Crippen LogP contribution in [0.15, 0.2) is 24.3 Å². The monoisotopic (exact) mass is 452 g/mol. The number of carbonyl (C=O) groups excluding carboxylic acids is 5. The predicted octanol–water partition coefficient (Wildman–Crippen LogP) is 1.96. The van der Waals surface area contributed by atoms with E-state index in [4.69, 9.17) is 9.47 Å². The number of phenolic OH excluding ortho intramolecular Hbond substituents is 1. The topological polar surface area (TPSA) is 144 Å². The lowest BCUT2D eigenvalue weighted by atomic mass is 9.72. The molecular weight excluding hydrogens is 432 g/mol. The van der Waals surface area contributed by atoms with Crippen molar-refractivity contribution < 1.29 is 43.7 Å². The van der Waals surface area contributed by atoms with Crippen LogP contribution >= 0.6 is 0 Å². The molecule has 9 heteroatoms. The third-order valence-corrected chi connectivity index (χ3v) is 5.98. The number of ether oxygens (including phenoxy) is 2. The Balaban J connectivity index is 2.07. The lowest BCUT2D eigenvalue weighted by Crippen LogP contribution is -2.48. The number of phenols is 1. The number of hydrogen-bond donors (Lipinski definition) is 2. The average Bonchev–Trinajstić information content (AvgIpc) is 2.72. The van der Waals surface area contributed by atoms with E-state index in [0.717, 1.165) is 13.8 Å². The summed E-state index contributed by atoms with van der Waals surface area (Å²) >= 11 is 0. The Morgan fingerprint density at radius 2 is 1.55 bits per heavy atom. The molecule has 4 rings (SSSR count). The second-order valence-corrected chi connectivity index (χ2v) is 8.16. The van der Waals surface area contributed by atoms with Crippen LogP contribution in [0.3, 0.4) is 0 Å². The summed E-state index contributed by atoms with van der Waals surface area (Å²) in [6.45, 7) is 3.36. The van der Waals surface area contributed by atoms with Gasteiger partial charge in [0.2, 0.25) is 0 Å². The number of hydrogen-bond acceptors (Lipinski definition) is 9. The minimum absolute atomic E-state index is 0.0527. The molecule has 2 aliphatic rings. The van der Waals surface area contributed by atoms with Gasteiger partial charge in [0.15, 0.2) is 23.0 Å². The van der Waals surface area contributed by atoms with Gasteiger partial charge >= 0.3 is 11.9 Å². The van der Waals surface area contributed by atoms with Crippen LogP contribution < -0.4 is 4.74 Å². The van der Waals surface area contributed by atoms with Crippen molar-refractivity contribution in [1.82, 2.24) is 0 Å². The lowest BCUT2D eigenvalue weighted by molar-refractivity contribution is -0.169. The van der Waals surface area contributed by atoms with Crippen molar-refractivity contribution in [3.05, 3.63) is 57.6 Å². The number of carbonyl (C=O) groups is 5. The highest BCUT2D eigenvalue weighted by molar-refractivity contribution is 6.30. The first-order valence-corrected chi connectivity index (χ1v) is 10.2. The zero-order chi connectivity index (χ0) is 24.2. The first kappa shape index (κ1) is 22.3. The van der Waals surface area contributed by atoms with E-state index in [9.17, 15) is 34.2 Å². The predicted molar refractivity (Wildman–Crippen MR) is 111 cm³/mol. The summed E-state index contributed by atoms with van der Waals surface area (Å²) in [5.41, 5.74) is -2.66. The van der Waals surface area contributed by atoms with Gasteiger partial charge in [-0.25, -0.2) is 0 Å². The SMILES string of the molecule is CC(=O)Oc1c2c(c(O)c3c1C(=O)c1ccccc1C3=O)C(O)CC(OC(C)=O)(C(C)=O)C2. The van der Waals surface area contributed by atoms with E-state index in [2.05, 4.69) is 0 Å². The van der Waals surface area contributed by atoms with E-state index in [-0.39, 0.29) is 46.4 Å². The fourth-order valence-corrected chi connectivity index (χ4v) is 4.62. The third-order valence-electron chi connectivity index (χ3n) is 5.98. The van der Waals surface area contributed by atoms with Gasteiger partial charge in [0.1, 0.15) is 11.5 Å². The van der Waals surface area contributed by atoms with Gasteiger partial charge in [-0.05, 0) is 6.92 Å². The number of rotatable bonds is 3. The first-order valence-electron chi connectivity index (χ1n) is 10.2. The molecule has 0 bridgehead atoms. The molecule has 2 aromatic rings. The number of aliphatic hydroxyl groups excluding tert-OH is 1. The third kappa shape index (κ3) is 3.32. The largest absolute Gasteiger partial charge is 0.507 e. The van der Waals surface area contributed by atoms with E-state index >= 15 is 0 Å². The molecule has 0 fully saturated rings. The Kier molecular flexibility index (Phi) is 5.17. The van der Waals surface area contributed by atoms with Crippen molar-refractivity contribution in [2.24, 2.45) is 0 Å². The number of fused-ring (bicyclic) bond motifs is 3. The summed E-state index contributed by atoms with van der Waals surface area (Å²) in [6, 6.07) is 5.98. The number of Topliss-reactive ketones (excluding diaryl/α,β-unsaturated/α-hetero) is 1. The smallest absolute Gasteiger partial charge is 0.308 e. The second-order valence-electron chi connectivity index (χ2n) is 8.16. The number of benzene rings is 2. The molecule has 2 aromatic carbocycles. The van der Waals surface area contributed by atoms with E-state index < -0.39 is 52.3 Å². The molecule has 0 amide bonds. The van der Waals surface area contributed by atoms with Gasteiger partial charge in [0, 0.05) is 48.9 Å². The molecule has 0 spiro atoms.